The minimum absolute atomic E-state index is 0.861. The quantitative estimate of drug-likeness (QED) is 0.559. The third-order valence-corrected chi connectivity index (χ3v) is 4.70. The summed E-state index contributed by atoms with van der Waals surface area (Å²) in [7, 11) is 0. The maximum atomic E-state index is 2.44. The SMILES string of the molecule is CC(C)C1CCC2=CC=CCCCCCCC21. The van der Waals surface area contributed by atoms with Gasteiger partial charge in [0.2, 0.25) is 0 Å². The molecule has 2 aliphatic rings. The van der Waals surface area contributed by atoms with E-state index in [2.05, 4.69) is 32.1 Å². The van der Waals surface area contributed by atoms with Crippen LogP contribution >= 0.6 is 0 Å². The molecular formula is C17H28. The van der Waals surface area contributed by atoms with Gasteiger partial charge in [-0.05, 0) is 49.9 Å². The van der Waals surface area contributed by atoms with Crippen LogP contribution in [0.5, 0.6) is 0 Å². The second-order valence-electron chi connectivity index (χ2n) is 6.21. The van der Waals surface area contributed by atoms with Gasteiger partial charge in [-0.1, -0.05) is 56.9 Å². The van der Waals surface area contributed by atoms with E-state index in [4.69, 9.17) is 0 Å². The van der Waals surface area contributed by atoms with Crippen LogP contribution in [0.15, 0.2) is 23.8 Å². The van der Waals surface area contributed by atoms with Gasteiger partial charge in [-0.3, -0.25) is 0 Å². The zero-order chi connectivity index (χ0) is 12.1. The van der Waals surface area contributed by atoms with Crippen LogP contribution in [-0.2, 0) is 0 Å². The summed E-state index contributed by atoms with van der Waals surface area (Å²) in [5.74, 6) is 2.72. The second-order valence-corrected chi connectivity index (χ2v) is 6.21. The van der Waals surface area contributed by atoms with E-state index >= 15 is 0 Å². The van der Waals surface area contributed by atoms with E-state index in [0.717, 1.165) is 17.8 Å². The molecule has 2 aliphatic carbocycles. The lowest BCUT2D eigenvalue weighted by Crippen LogP contribution is -2.15. The summed E-state index contributed by atoms with van der Waals surface area (Å²) in [6.07, 6.45) is 18.4. The summed E-state index contributed by atoms with van der Waals surface area (Å²) in [4.78, 5) is 0. The largest absolute Gasteiger partial charge is 0.0845 e. The van der Waals surface area contributed by atoms with Crippen molar-refractivity contribution in [2.75, 3.05) is 0 Å². The van der Waals surface area contributed by atoms with Crippen LogP contribution < -0.4 is 0 Å². The smallest absolute Gasteiger partial charge is 0.0169 e. The second kappa shape index (κ2) is 6.42. The summed E-state index contributed by atoms with van der Waals surface area (Å²) in [6.45, 7) is 4.82. The summed E-state index contributed by atoms with van der Waals surface area (Å²) < 4.78 is 0. The highest BCUT2D eigenvalue weighted by molar-refractivity contribution is 5.20. The highest BCUT2D eigenvalue weighted by Crippen LogP contribution is 2.43. The van der Waals surface area contributed by atoms with E-state index < -0.39 is 0 Å². The molecule has 0 amide bonds. The molecule has 0 saturated heterocycles. The van der Waals surface area contributed by atoms with E-state index in [0.29, 0.717) is 0 Å². The molecule has 1 saturated carbocycles. The molecule has 0 aromatic carbocycles. The van der Waals surface area contributed by atoms with E-state index in [-0.39, 0.29) is 0 Å². The molecule has 0 aromatic rings. The summed E-state index contributed by atoms with van der Waals surface area (Å²) in [5, 5.41) is 0. The van der Waals surface area contributed by atoms with Crippen molar-refractivity contribution in [1.82, 2.24) is 0 Å². The predicted octanol–water partition coefficient (Wildman–Crippen LogP) is 5.51. The first-order valence-corrected chi connectivity index (χ1v) is 7.64. The minimum atomic E-state index is 0.861. The van der Waals surface area contributed by atoms with Crippen molar-refractivity contribution in [3.8, 4) is 0 Å². The van der Waals surface area contributed by atoms with E-state index in [1.54, 1.807) is 5.57 Å². The fourth-order valence-electron chi connectivity index (χ4n) is 3.67. The van der Waals surface area contributed by atoms with Gasteiger partial charge in [0, 0.05) is 0 Å². The first kappa shape index (κ1) is 12.9. The lowest BCUT2D eigenvalue weighted by molar-refractivity contribution is 0.296. The maximum absolute atomic E-state index is 2.44. The molecule has 2 unspecified atom stereocenters. The molecule has 0 nitrogen and oxygen atoms in total. The Bertz CT molecular complexity index is 282. The van der Waals surface area contributed by atoms with Crippen molar-refractivity contribution < 1.29 is 0 Å². The van der Waals surface area contributed by atoms with Crippen LogP contribution in [0.4, 0.5) is 0 Å². The first-order chi connectivity index (χ1) is 8.29. The van der Waals surface area contributed by atoms with Gasteiger partial charge in [0.15, 0.2) is 0 Å². The Morgan fingerprint density at radius 1 is 1.06 bits per heavy atom. The van der Waals surface area contributed by atoms with Gasteiger partial charge < -0.3 is 0 Å². The van der Waals surface area contributed by atoms with Gasteiger partial charge in [0.05, 0.1) is 0 Å². The van der Waals surface area contributed by atoms with Gasteiger partial charge in [-0.2, -0.15) is 0 Å². The Morgan fingerprint density at radius 3 is 2.71 bits per heavy atom. The van der Waals surface area contributed by atoms with Crippen LogP contribution in [0, 0.1) is 17.8 Å². The molecule has 0 radical (unpaired) electrons. The van der Waals surface area contributed by atoms with Crippen LogP contribution in [0.3, 0.4) is 0 Å². The molecule has 0 bridgehead atoms. The number of rotatable bonds is 1. The summed E-state index contributed by atoms with van der Waals surface area (Å²) in [6, 6.07) is 0. The van der Waals surface area contributed by atoms with Crippen molar-refractivity contribution in [2.24, 2.45) is 17.8 Å². The molecule has 0 aliphatic heterocycles. The van der Waals surface area contributed by atoms with Crippen molar-refractivity contribution in [2.45, 2.75) is 65.2 Å². The van der Waals surface area contributed by atoms with Gasteiger partial charge in [-0.15, -0.1) is 0 Å². The molecule has 0 heteroatoms. The number of hydrogen-bond donors (Lipinski definition) is 0. The topological polar surface area (TPSA) is 0 Å². The molecular weight excluding hydrogens is 204 g/mol. The molecule has 0 spiro atoms. The molecule has 2 rings (SSSR count). The van der Waals surface area contributed by atoms with Gasteiger partial charge in [0.1, 0.15) is 0 Å². The molecule has 2 atom stereocenters. The minimum Gasteiger partial charge on any atom is -0.0845 e. The van der Waals surface area contributed by atoms with E-state index in [9.17, 15) is 0 Å². The zero-order valence-electron chi connectivity index (χ0n) is 11.6. The van der Waals surface area contributed by atoms with Crippen LogP contribution in [-0.4, -0.2) is 0 Å². The Hall–Kier alpha value is -0.520. The highest BCUT2D eigenvalue weighted by Gasteiger charge is 2.32. The fourth-order valence-corrected chi connectivity index (χ4v) is 3.67. The number of hydrogen-bond acceptors (Lipinski definition) is 0. The third kappa shape index (κ3) is 3.47. The predicted molar refractivity (Wildman–Crippen MR) is 76.0 cm³/mol. The summed E-state index contributed by atoms with van der Waals surface area (Å²) >= 11 is 0. The van der Waals surface area contributed by atoms with Crippen LogP contribution in [0.1, 0.15) is 65.2 Å². The maximum Gasteiger partial charge on any atom is -0.0169 e. The number of fused-ring (bicyclic) bond motifs is 1. The normalized spacial score (nSPS) is 30.9. The summed E-state index contributed by atoms with van der Waals surface area (Å²) in [5.41, 5.74) is 1.75. The molecule has 1 fully saturated rings. The van der Waals surface area contributed by atoms with Crippen molar-refractivity contribution in [3.63, 3.8) is 0 Å². The monoisotopic (exact) mass is 232 g/mol. The van der Waals surface area contributed by atoms with Crippen molar-refractivity contribution in [3.05, 3.63) is 23.8 Å². The average Bonchev–Trinajstić information content (AvgIpc) is 2.68. The Labute approximate surface area is 107 Å². The van der Waals surface area contributed by atoms with E-state index in [1.165, 1.54) is 51.4 Å². The molecule has 96 valence electrons. The van der Waals surface area contributed by atoms with Gasteiger partial charge in [0.25, 0.3) is 0 Å². The Morgan fingerprint density at radius 2 is 1.88 bits per heavy atom. The first-order valence-electron chi connectivity index (χ1n) is 7.64. The standard InChI is InChI=1S/C17H28/c1-14(2)16-13-12-15-10-8-6-4-3-5-7-9-11-17(15)16/h6,8,10,14,16-17H,3-5,7,9,11-13H2,1-2H3. The fraction of sp³-hybridized carbons (Fsp3) is 0.765. The highest BCUT2D eigenvalue weighted by atomic mass is 14.4. The van der Waals surface area contributed by atoms with Crippen LogP contribution in [0.25, 0.3) is 0 Å². The van der Waals surface area contributed by atoms with Crippen molar-refractivity contribution in [1.29, 1.82) is 0 Å². The lowest BCUT2D eigenvalue weighted by Gasteiger charge is -2.24. The Balaban J connectivity index is 2.08. The molecule has 17 heavy (non-hydrogen) atoms. The molecule has 0 aromatic heterocycles. The van der Waals surface area contributed by atoms with E-state index in [1.807, 2.05) is 0 Å². The lowest BCUT2D eigenvalue weighted by atomic mass is 9.81. The van der Waals surface area contributed by atoms with Gasteiger partial charge in [-0.25, -0.2) is 0 Å². The molecule has 0 N–H and O–H groups in total. The van der Waals surface area contributed by atoms with Crippen LogP contribution in [0.2, 0.25) is 0 Å². The Kier molecular flexibility index (Phi) is 4.88. The van der Waals surface area contributed by atoms with Crippen molar-refractivity contribution >= 4 is 0 Å². The zero-order valence-corrected chi connectivity index (χ0v) is 11.6. The molecule has 0 heterocycles. The third-order valence-electron chi connectivity index (χ3n) is 4.70. The average molecular weight is 232 g/mol. The van der Waals surface area contributed by atoms with Gasteiger partial charge >= 0.3 is 0 Å². The number of allylic oxidation sites excluding steroid dienone is 4.